The molecule has 90 valence electrons. The fourth-order valence-electron chi connectivity index (χ4n) is 1.90. The molecule has 0 saturated carbocycles. The van der Waals surface area contributed by atoms with Gasteiger partial charge in [0.2, 0.25) is 5.79 Å². The van der Waals surface area contributed by atoms with Gasteiger partial charge in [0.25, 0.3) is 0 Å². The third-order valence-corrected chi connectivity index (χ3v) is 6.04. The molecule has 0 aromatic carbocycles. The van der Waals surface area contributed by atoms with Crippen LogP contribution in [0.2, 0.25) is 0 Å². The Bertz CT molecular complexity index is 487. The molecule has 3 heterocycles. The minimum absolute atomic E-state index is 0.616. The first-order valence-corrected chi connectivity index (χ1v) is 8.43. The van der Waals surface area contributed by atoms with Crippen LogP contribution in [0.5, 0.6) is 0 Å². The fourth-order valence-corrected chi connectivity index (χ4v) is 5.07. The number of hydrogen-bond acceptors (Lipinski definition) is 4. The second kappa shape index (κ2) is 4.75. The highest BCUT2D eigenvalue weighted by atomic mass is 79.9. The van der Waals surface area contributed by atoms with E-state index in [0.717, 1.165) is 20.1 Å². The van der Waals surface area contributed by atoms with Gasteiger partial charge in [0.1, 0.15) is 0 Å². The van der Waals surface area contributed by atoms with Crippen molar-refractivity contribution in [1.29, 1.82) is 0 Å². The van der Waals surface area contributed by atoms with E-state index in [4.69, 9.17) is 9.47 Å². The van der Waals surface area contributed by atoms with E-state index in [9.17, 15) is 0 Å². The monoisotopic (exact) mass is 394 g/mol. The fraction of sp³-hybridized carbons (Fsp3) is 0.273. The molecule has 2 aromatic heterocycles. The van der Waals surface area contributed by atoms with Crippen LogP contribution in [0, 0.1) is 0 Å². The highest BCUT2D eigenvalue weighted by Crippen LogP contribution is 2.46. The van der Waals surface area contributed by atoms with Crippen molar-refractivity contribution in [3.8, 4) is 0 Å². The molecule has 0 unspecified atom stereocenters. The Kier molecular flexibility index (Phi) is 3.44. The van der Waals surface area contributed by atoms with E-state index in [1.807, 2.05) is 10.8 Å². The van der Waals surface area contributed by atoms with Crippen LogP contribution in [-0.2, 0) is 15.3 Å². The highest BCUT2D eigenvalue weighted by Gasteiger charge is 2.44. The largest absolute Gasteiger partial charge is 0.340 e. The Morgan fingerprint density at radius 3 is 1.71 bits per heavy atom. The summed E-state index contributed by atoms with van der Waals surface area (Å²) in [6, 6.07) is 0. The average Bonchev–Trinajstić information content (AvgIpc) is 2.98. The van der Waals surface area contributed by atoms with Crippen molar-refractivity contribution >= 4 is 54.5 Å². The van der Waals surface area contributed by atoms with Gasteiger partial charge in [0, 0.05) is 41.6 Å². The number of halogens is 2. The number of thiophene rings is 2. The van der Waals surface area contributed by atoms with E-state index in [-0.39, 0.29) is 0 Å². The van der Waals surface area contributed by atoms with E-state index in [1.54, 1.807) is 22.7 Å². The van der Waals surface area contributed by atoms with Crippen molar-refractivity contribution in [1.82, 2.24) is 0 Å². The molecule has 1 fully saturated rings. The summed E-state index contributed by atoms with van der Waals surface area (Å²) in [6.45, 7) is 1.23. The summed E-state index contributed by atoms with van der Waals surface area (Å²) in [6.07, 6.45) is 0. The molecule has 1 aliphatic heterocycles. The Morgan fingerprint density at radius 1 is 0.882 bits per heavy atom. The van der Waals surface area contributed by atoms with Crippen molar-refractivity contribution in [3.63, 3.8) is 0 Å². The second-order valence-corrected chi connectivity index (χ2v) is 6.78. The Morgan fingerprint density at radius 2 is 1.35 bits per heavy atom. The molecule has 0 atom stereocenters. The van der Waals surface area contributed by atoms with Gasteiger partial charge in [0.15, 0.2) is 0 Å². The normalized spacial score (nSPS) is 18.7. The first kappa shape index (κ1) is 12.3. The molecule has 0 aliphatic carbocycles. The summed E-state index contributed by atoms with van der Waals surface area (Å²) in [5.41, 5.74) is 2.08. The van der Waals surface area contributed by atoms with Gasteiger partial charge in [-0.25, -0.2) is 0 Å². The van der Waals surface area contributed by atoms with Crippen LogP contribution in [0.15, 0.2) is 30.5 Å². The van der Waals surface area contributed by atoms with Crippen LogP contribution >= 0.6 is 54.5 Å². The molecule has 6 heteroatoms. The van der Waals surface area contributed by atoms with E-state index in [1.165, 1.54) is 0 Å². The molecule has 0 N–H and O–H groups in total. The third-order valence-electron chi connectivity index (χ3n) is 2.63. The van der Waals surface area contributed by atoms with Gasteiger partial charge in [-0.05, 0) is 31.9 Å². The van der Waals surface area contributed by atoms with Crippen LogP contribution in [-0.4, -0.2) is 13.2 Å². The molecule has 0 spiro atoms. The highest BCUT2D eigenvalue weighted by molar-refractivity contribution is 9.11. The minimum atomic E-state index is -0.752. The number of ether oxygens (including phenoxy) is 2. The quantitative estimate of drug-likeness (QED) is 0.740. The molecule has 2 nitrogen and oxygen atoms in total. The molecule has 0 bridgehead atoms. The van der Waals surface area contributed by atoms with Gasteiger partial charge in [-0.1, -0.05) is 0 Å². The molecular weight excluding hydrogens is 388 g/mol. The van der Waals surface area contributed by atoms with Crippen molar-refractivity contribution in [2.24, 2.45) is 0 Å². The smallest absolute Gasteiger partial charge is 0.226 e. The molecule has 1 aliphatic rings. The van der Waals surface area contributed by atoms with Crippen molar-refractivity contribution in [2.75, 3.05) is 13.2 Å². The summed E-state index contributed by atoms with van der Waals surface area (Å²) >= 11 is 10.4. The summed E-state index contributed by atoms with van der Waals surface area (Å²) in [7, 11) is 0. The molecule has 1 saturated heterocycles. The zero-order valence-electron chi connectivity index (χ0n) is 8.61. The van der Waals surface area contributed by atoms with Crippen LogP contribution in [0.3, 0.4) is 0 Å². The maximum absolute atomic E-state index is 5.92. The predicted octanol–water partition coefficient (Wildman–Crippen LogP) is 4.58. The Balaban J connectivity index is 2.18. The van der Waals surface area contributed by atoms with E-state index < -0.39 is 5.79 Å². The van der Waals surface area contributed by atoms with Crippen LogP contribution in [0.4, 0.5) is 0 Å². The number of rotatable bonds is 2. The maximum atomic E-state index is 5.92. The topological polar surface area (TPSA) is 18.5 Å². The van der Waals surface area contributed by atoms with E-state index in [0.29, 0.717) is 13.2 Å². The lowest BCUT2D eigenvalue weighted by atomic mass is 10.0. The molecule has 3 rings (SSSR count). The summed E-state index contributed by atoms with van der Waals surface area (Å²) in [5.74, 6) is -0.752. The summed E-state index contributed by atoms with van der Waals surface area (Å²) in [5, 5.41) is 8.23. The second-order valence-electron chi connectivity index (χ2n) is 3.58. The zero-order valence-corrected chi connectivity index (χ0v) is 13.4. The van der Waals surface area contributed by atoms with Crippen LogP contribution < -0.4 is 0 Å². The minimum Gasteiger partial charge on any atom is -0.340 e. The third kappa shape index (κ3) is 1.95. The van der Waals surface area contributed by atoms with Gasteiger partial charge in [0.05, 0.1) is 13.2 Å². The van der Waals surface area contributed by atoms with Crippen LogP contribution in [0.1, 0.15) is 11.1 Å². The molecule has 0 radical (unpaired) electrons. The lowest BCUT2D eigenvalue weighted by molar-refractivity contribution is -0.130. The van der Waals surface area contributed by atoms with Crippen molar-refractivity contribution in [2.45, 2.75) is 5.79 Å². The molecular formula is C11H8Br2O2S2. The molecule has 2 aromatic rings. The van der Waals surface area contributed by atoms with Gasteiger partial charge in [-0.3, -0.25) is 0 Å². The summed E-state index contributed by atoms with van der Waals surface area (Å²) in [4.78, 5) is 0. The van der Waals surface area contributed by atoms with Gasteiger partial charge >= 0.3 is 0 Å². The lowest BCUT2D eigenvalue weighted by Crippen LogP contribution is -2.28. The standard InChI is InChI=1S/C11H8Br2O2S2/c12-9-5-16-3-7(9)11(14-1-2-15-11)8-4-17-6-10(8)13/h3-6H,1-2H2. The maximum Gasteiger partial charge on any atom is 0.226 e. The lowest BCUT2D eigenvalue weighted by Gasteiger charge is -2.27. The van der Waals surface area contributed by atoms with Crippen LogP contribution in [0.25, 0.3) is 0 Å². The van der Waals surface area contributed by atoms with Crippen molar-refractivity contribution in [3.05, 3.63) is 41.6 Å². The van der Waals surface area contributed by atoms with Gasteiger partial charge < -0.3 is 9.47 Å². The predicted molar refractivity (Wildman–Crippen MR) is 76.7 cm³/mol. The molecule has 0 amide bonds. The number of hydrogen-bond donors (Lipinski definition) is 0. The Labute approximate surface area is 124 Å². The summed E-state index contributed by atoms with van der Waals surface area (Å²) < 4.78 is 13.9. The first-order valence-electron chi connectivity index (χ1n) is 4.96. The van der Waals surface area contributed by atoms with Gasteiger partial charge in [-0.15, -0.1) is 0 Å². The first-order chi connectivity index (χ1) is 8.24. The average molecular weight is 396 g/mol. The SMILES string of the molecule is Brc1cscc1C1(c2cscc2Br)OCCO1. The van der Waals surface area contributed by atoms with Gasteiger partial charge in [-0.2, -0.15) is 22.7 Å². The molecule has 17 heavy (non-hydrogen) atoms. The Hall–Kier alpha value is 0.280. The van der Waals surface area contributed by atoms with E-state index >= 15 is 0 Å². The van der Waals surface area contributed by atoms with Crippen molar-refractivity contribution < 1.29 is 9.47 Å². The zero-order chi connectivity index (χ0) is 11.9. The van der Waals surface area contributed by atoms with E-state index in [2.05, 4.69) is 42.6 Å².